The highest BCUT2D eigenvalue weighted by Gasteiger charge is 2.13. The monoisotopic (exact) mass is 289 g/mol. The van der Waals surface area contributed by atoms with Gasteiger partial charge < -0.3 is 5.32 Å². The first-order valence-corrected chi connectivity index (χ1v) is 7.40. The number of thiophene rings is 1. The van der Waals surface area contributed by atoms with Crippen molar-refractivity contribution in [1.29, 1.82) is 0 Å². The van der Waals surface area contributed by atoms with Gasteiger partial charge in [-0.25, -0.2) is 9.89 Å². The van der Waals surface area contributed by atoms with Crippen LogP contribution >= 0.6 is 11.3 Å². The van der Waals surface area contributed by atoms with E-state index in [-0.39, 0.29) is 11.7 Å². The molecule has 3 heterocycles. The fourth-order valence-electron chi connectivity index (χ4n) is 2.12. The second-order valence-corrected chi connectivity index (χ2v) is 5.50. The van der Waals surface area contributed by atoms with Gasteiger partial charge in [0.2, 0.25) is 0 Å². The number of hydrogen-bond donors (Lipinski definition) is 2. The summed E-state index contributed by atoms with van der Waals surface area (Å²) in [6, 6.07) is 7.98. The van der Waals surface area contributed by atoms with Crippen molar-refractivity contribution in [2.45, 2.75) is 25.8 Å². The standard InChI is InChI=1S/C13H15N5OS/c1-2-4-9(10-5-3-8-20-10)14-11-6-7-12-15-16-13(19)18(12)17-11/h3,5-9H,2,4H2,1H3,(H,14,17)(H,16,19). The van der Waals surface area contributed by atoms with Gasteiger partial charge in [0.05, 0.1) is 6.04 Å². The van der Waals surface area contributed by atoms with Gasteiger partial charge in [-0.3, -0.25) is 0 Å². The van der Waals surface area contributed by atoms with Gasteiger partial charge >= 0.3 is 5.69 Å². The Morgan fingerprint density at radius 2 is 2.35 bits per heavy atom. The van der Waals surface area contributed by atoms with Crippen LogP contribution in [0, 0.1) is 0 Å². The van der Waals surface area contributed by atoms with E-state index in [2.05, 4.69) is 39.0 Å². The molecular weight excluding hydrogens is 274 g/mol. The molecule has 0 aromatic carbocycles. The Hall–Kier alpha value is -2.15. The zero-order valence-corrected chi connectivity index (χ0v) is 11.9. The number of anilines is 1. The van der Waals surface area contributed by atoms with E-state index >= 15 is 0 Å². The van der Waals surface area contributed by atoms with E-state index < -0.39 is 0 Å². The molecule has 3 aromatic rings. The number of aromatic amines is 1. The molecule has 0 saturated carbocycles. The summed E-state index contributed by atoms with van der Waals surface area (Å²) in [4.78, 5) is 12.8. The number of fused-ring (bicyclic) bond motifs is 1. The van der Waals surface area contributed by atoms with Gasteiger partial charge in [-0.05, 0) is 30.0 Å². The van der Waals surface area contributed by atoms with Gasteiger partial charge in [-0.2, -0.15) is 9.61 Å². The summed E-state index contributed by atoms with van der Waals surface area (Å²) < 4.78 is 1.26. The first-order valence-electron chi connectivity index (χ1n) is 6.52. The highest BCUT2D eigenvalue weighted by Crippen LogP contribution is 2.26. The fraction of sp³-hybridized carbons (Fsp3) is 0.308. The lowest BCUT2D eigenvalue weighted by Crippen LogP contribution is -2.16. The predicted octanol–water partition coefficient (Wildman–Crippen LogP) is 2.43. The van der Waals surface area contributed by atoms with Gasteiger partial charge in [0, 0.05) is 4.88 Å². The molecule has 6 nitrogen and oxygen atoms in total. The molecule has 20 heavy (non-hydrogen) atoms. The summed E-state index contributed by atoms with van der Waals surface area (Å²) in [7, 11) is 0. The topological polar surface area (TPSA) is 75.1 Å². The molecule has 104 valence electrons. The van der Waals surface area contributed by atoms with Crippen LogP contribution in [-0.4, -0.2) is 19.8 Å². The number of rotatable bonds is 5. The molecule has 1 unspecified atom stereocenters. The second kappa shape index (κ2) is 5.46. The van der Waals surface area contributed by atoms with Crippen LogP contribution in [0.5, 0.6) is 0 Å². The second-order valence-electron chi connectivity index (χ2n) is 4.52. The smallest absolute Gasteiger partial charge is 0.361 e. The first kappa shape index (κ1) is 12.9. The molecular formula is C13H15N5OS. The Kier molecular flexibility index (Phi) is 3.51. The zero-order chi connectivity index (χ0) is 13.9. The molecule has 2 N–H and O–H groups in total. The molecule has 0 bridgehead atoms. The third kappa shape index (κ3) is 2.44. The average Bonchev–Trinajstić information content (AvgIpc) is 3.09. The average molecular weight is 289 g/mol. The predicted molar refractivity (Wildman–Crippen MR) is 79.2 cm³/mol. The van der Waals surface area contributed by atoms with E-state index in [0.29, 0.717) is 11.5 Å². The molecule has 7 heteroatoms. The lowest BCUT2D eigenvalue weighted by Gasteiger charge is -2.17. The lowest BCUT2D eigenvalue weighted by atomic mass is 10.1. The highest BCUT2D eigenvalue weighted by molar-refractivity contribution is 7.10. The van der Waals surface area contributed by atoms with Crippen molar-refractivity contribution >= 4 is 22.8 Å². The Morgan fingerprint density at radius 1 is 1.45 bits per heavy atom. The molecule has 0 amide bonds. The van der Waals surface area contributed by atoms with Gasteiger partial charge in [-0.1, -0.05) is 19.4 Å². The highest BCUT2D eigenvalue weighted by atomic mass is 32.1. The third-order valence-electron chi connectivity index (χ3n) is 3.06. The number of nitrogens with zero attached hydrogens (tertiary/aromatic N) is 3. The van der Waals surface area contributed by atoms with Crippen LogP contribution in [0.3, 0.4) is 0 Å². The maximum atomic E-state index is 11.5. The largest absolute Gasteiger partial charge is 0.364 e. The van der Waals surface area contributed by atoms with E-state index in [1.54, 1.807) is 17.4 Å². The van der Waals surface area contributed by atoms with Crippen LogP contribution in [0.4, 0.5) is 5.82 Å². The first-order chi connectivity index (χ1) is 9.78. The molecule has 0 radical (unpaired) electrons. The Bertz CT molecular complexity index is 746. The summed E-state index contributed by atoms with van der Waals surface area (Å²) in [5.41, 5.74) is 0.190. The Balaban J connectivity index is 1.90. The number of aromatic nitrogens is 4. The van der Waals surface area contributed by atoms with Gasteiger partial charge in [0.1, 0.15) is 5.82 Å². The van der Waals surface area contributed by atoms with Crippen molar-refractivity contribution in [3.63, 3.8) is 0 Å². The van der Waals surface area contributed by atoms with Crippen molar-refractivity contribution < 1.29 is 0 Å². The van der Waals surface area contributed by atoms with Crippen LogP contribution in [-0.2, 0) is 0 Å². The lowest BCUT2D eigenvalue weighted by molar-refractivity contribution is 0.680. The Labute approximate surface area is 119 Å². The molecule has 0 aliphatic heterocycles. The minimum atomic E-state index is -0.327. The summed E-state index contributed by atoms with van der Waals surface area (Å²) in [6.45, 7) is 2.15. The van der Waals surface area contributed by atoms with Crippen LogP contribution in [0.15, 0.2) is 34.4 Å². The minimum Gasteiger partial charge on any atom is -0.361 e. The van der Waals surface area contributed by atoms with Crippen LogP contribution in [0.25, 0.3) is 5.65 Å². The normalized spacial score (nSPS) is 12.7. The van der Waals surface area contributed by atoms with Gasteiger partial charge in [0.25, 0.3) is 0 Å². The van der Waals surface area contributed by atoms with Crippen molar-refractivity contribution in [2.24, 2.45) is 0 Å². The van der Waals surface area contributed by atoms with E-state index in [1.165, 1.54) is 9.39 Å². The van der Waals surface area contributed by atoms with Crippen LogP contribution in [0.1, 0.15) is 30.7 Å². The van der Waals surface area contributed by atoms with E-state index in [1.807, 2.05) is 12.1 Å². The summed E-state index contributed by atoms with van der Waals surface area (Å²) >= 11 is 1.72. The summed E-state index contributed by atoms with van der Waals surface area (Å²) in [5.74, 6) is 0.674. The molecule has 3 aromatic heterocycles. The SMILES string of the molecule is CCCC(Nc1ccc2n[nH]c(=O)n2n1)c1cccs1. The van der Waals surface area contributed by atoms with Crippen molar-refractivity contribution in [3.05, 3.63) is 45.0 Å². The Morgan fingerprint density at radius 3 is 3.10 bits per heavy atom. The molecule has 0 saturated heterocycles. The van der Waals surface area contributed by atoms with Crippen LogP contribution < -0.4 is 11.0 Å². The molecule has 0 aliphatic carbocycles. The molecule has 0 fully saturated rings. The van der Waals surface area contributed by atoms with Crippen molar-refractivity contribution in [3.8, 4) is 0 Å². The summed E-state index contributed by atoms with van der Waals surface area (Å²) in [6.07, 6.45) is 2.09. The van der Waals surface area contributed by atoms with E-state index in [9.17, 15) is 4.79 Å². The van der Waals surface area contributed by atoms with Crippen molar-refractivity contribution in [2.75, 3.05) is 5.32 Å². The minimum absolute atomic E-state index is 0.215. The maximum Gasteiger partial charge on any atom is 0.364 e. The number of hydrogen-bond acceptors (Lipinski definition) is 5. The molecule has 0 aliphatic rings. The van der Waals surface area contributed by atoms with Crippen LogP contribution in [0.2, 0.25) is 0 Å². The zero-order valence-electron chi connectivity index (χ0n) is 11.0. The van der Waals surface area contributed by atoms with E-state index in [4.69, 9.17) is 0 Å². The third-order valence-corrected chi connectivity index (χ3v) is 4.05. The number of nitrogens with one attached hydrogen (secondary N) is 2. The fourth-order valence-corrected chi connectivity index (χ4v) is 2.93. The van der Waals surface area contributed by atoms with E-state index in [0.717, 1.165) is 12.8 Å². The molecule has 3 rings (SSSR count). The molecule has 0 spiro atoms. The van der Waals surface area contributed by atoms with Gasteiger partial charge in [0.15, 0.2) is 5.65 Å². The van der Waals surface area contributed by atoms with Gasteiger partial charge in [-0.15, -0.1) is 16.4 Å². The molecule has 1 atom stereocenters. The number of H-pyrrole nitrogens is 1. The van der Waals surface area contributed by atoms with Crippen molar-refractivity contribution in [1.82, 2.24) is 19.8 Å². The maximum absolute atomic E-state index is 11.5. The quantitative estimate of drug-likeness (QED) is 0.756. The summed E-state index contributed by atoms with van der Waals surface area (Å²) in [5, 5.41) is 16.0.